The molecule has 4 aromatic rings. The van der Waals surface area contributed by atoms with Crippen molar-refractivity contribution in [2.75, 3.05) is 0 Å². The Morgan fingerprint density at radius 1 is 0.636 bits per heavy atom. The van der Waals surface area contributed by atoms with Crippen molar-refractivity contribution < 1.29 is 9.59 Å². The van der Waals surface area contributed by atoms with Gasteiger partial charge >= 0.3 is 199 Å². The van der Waals surface area contributed by atoms with Gasteiger partial charge in [-0.05, 0) is 0 Å². The number of carbonyl (C=O) groups is 2. The zero-order valence-corrected chi connectivity index (χ0v) is 19.9. The summed E-state index contributed by atoms with van der Waals surface area (Å²) in [5.41, 5.74) is 0.494. The molecule has 4 aromatic carbocycles. The number of hydrogen-bond donors (Lipinski definition) is 1. The van der Waals surface area contributed by atoms with E-state index in [1.54, 1.807) is 12.1 Å². The number of carbonyl (C=O) groups excluding carboxylic acids is 2. The number of hydrogen-bond acceptors (Lipinski definition) is 2. The molecule has 1 atom stereocenters. The van der Waals surface area contributed by atoms with Crippen LogP contribution in [-0.4, -0.2) is 17.5 Å². The Bertz CT molecular complexity index is 1150. The Balaban J connectivity index is 2.17. The third-order valence-electron chi connectivity index (χ3n) is 5.91. The number of nitrogens with one attached hydrogen (secondary N) is 1. The minimum atomic E-state index is -4.10. The molecule has 0 spiro atoms. The van der Waals surface area contributed by atoms with Crippen molar-refractivity contribution >= 4 is 44.8 Å². The van der Waals surface area contributed by atoms with Gasteiger partial charge in [0.15, 0.2) is 0 Å². The number of ketones is 1. The van der Waals surface area contributed by atoms with Crippen molar-refractivity contribution in [1.29, 1.82) is 0 Å². The van der Waals surface area contributed by atoms with Crippen LogP contribution in [0.2, 0.25) is 0 Å². The predicted octanol–water partition coefficient (Wildman–Crippen LogP) is 5.02. The van der Waals surface area contributed by atoms with E-state index in [1.165, 1.54) is 6.92 Å². The molecule has 166 valence electrons. The molecule has 1 N–H and O–H groups in total. The first kappa shape index (κ1) is 22.9. The molecule has 0 radical (unpaired) electrons. The van der Waals surface area contributed by atoms with Gasteiger partial charge in [0.1, 0.15) is 0 Å². The van der Waals surface area contributed by atoms with E-state index < -0.39 is 11.7 Å². The molecule has 33 heavy (non-hydrogen) atoms. The second-order valence-corrected chi connectivity index (χ2v) is 14.2. The Morgan fingerprint density at radius 2 is 0.970 bits per heavy atom. The summed E-state index contributed by atoms with van der Waals surface area (Å²) in [6.07, 6.45) is 0. The zero-order valence-electron chi connectivity index (χ0n) is 18.3. The molecule has 0 aromatic heterocycles. The van der Waals surface area contributed by atoms with Gasteiger partial charge in [-0.3, -0.25) is 0 Å². The van der Waals surface area contributed by atoms with Crippen LogP contribution >= 0.6 is 17.2 Å². The third kappa shape index (κ3) is 3.88. The molecule has 0 aliphatic rings. The molecule has 0 aliphatic carbocycles. The second kappa shape index (κ2) is 9.31. The van der Waals surface area contributed by atoms with Crippen molar-refractivity contribution in [2.45, 2.75) is 12.7 Å². The van der Waals surface area contributed by atoms with Crippen LogP contribution < -0.4 is 21.2 Å². The second-order valence-electron chi connectivity index (χ2n) is 7.91. The molecule has 0 aliphatic heterocycles. The van der Waals surface area contributed by atoms with Crippen molar-refractivity contribution in [3.63, 3.8) is 0 Å². The average Bonchev–Trinajstić information content (AvgIpc) is 2.88. The summed E-state index contributed by atoms with van der Waals surface area (Å²) in [5, 5.41) is 5.42. The number of benzene rings is 4. The van der Waals surface area contributed by atoms with Crippen LogP contribution in [0.1, 0.15) is 17.3 Å². The van der Waals surface area contributed by atoms with Gasteiger partial charge in [0.05, 0.1) is 0 Å². The van der Waals surface area contributed by atoms with Crippen molar-refractivity contribution in [3.8, 4) is 0 Å². The monoisotopic (exact) mass is 473 g/mol. The molecule has 4 rings (SSSR count). The van der Waals surface area contributed by atoms with Gasteiger partial charge in [-0.1, -0.05) is 0 Å². The van der Waals surface area contributed by atoms with Crippen LogP contribution in [0.15, 0.2) is 121 Å². The predicted molar refractivity (Wildman–Crippen MR) is 139 cm³/mol. The quantitative estimate of drug-likeness (QED) is 0.303. The zero-order chi connectivity index (χ0) is 23.3. The fraction of sp³-hybridized carbons (Fsp3) is 0.0714. The summed E-state index contributed by atoms with van der Waals surface area (Å²) in [5.74, 6) is -5.65. The van der Waals surface area contributed by atoms with Crippen LogP contribution in [0.4, 0.5) is 0 Å². The van der Waals surface area contributed by atoms with Gasteiger partial charge in [0.2, 0.25) is 0 Å². The standard InChI is InChI=1S/C28H25ClNO2P/c1-22(31)30-28(27(32)23-14-6-2-7-15-23)33(29,24-16-8-3-9-17-24,25-18-10-4-11-19-25)26-20-12-5-13-21-26/h2-21,28H,1H3,(H,30,31). The first-order valence-electron chi connectivity index (χ1n) is 10.7. The van der Waals surface area contributed by atoms with E-state index in [4.69, 9.17) is 11.2 Å². The van der Waals surface area contributed by atoms with E-state index in [2.05, 4.69) is 5.32 Å². The van der Waals surface area contributed by atoms with E-state index in [1.807, 2.05) is 109 Å². The number of halogens is 1. The van der Waals surface area contributed by atoms with Crippen LogP contribution in [0.3, 0.4) is 0 Å². The Morgan fingerprint density at radius 3 is 1.30 bits per heavy atom. The molecule has 0 saturated heterocycles. The van der Waals surface area contributed by atoms with E-state index in [0.717, 1.165) is 15.9 Å². The molecular weight excluding hydrogens is 449 g/mol. The van der Waals surface area contributed by atoms with Gasteiger partial charge in [-0.2, -0.15) is 0 Å². The molecule has 0 heterocycles. The first-order chi connectivity index (χ1) is 16.0. The maximum atomic E-state index is 14.2. The van der Waals surface area contributed by atoms with E-state index in [0.29, 0.717) is 5.56 Å². The molecule has 0 bridgehead atoms. The normalized spacial score (nSPS) is 13.3. The van der Waals surface area contributed by atoms with Crippen molar-refractivity contribution in [1.82, 2.24) is 5.32 Å². The summed E-state index contributed by atoms with van der Waals surface area (Å²) in [4.78, 5) is 26.8. The third-order valence-corrected chi connectivity index (χ3v) is 13.5. The van der Waals surface area contributed by atoms with Crippen molar-refractivity contribution in [2.24, 2.45) is 0 Å². The van der Waals surface area contributed by atoms with E-state index in [9.17, 15) is 9.59 Å². The Kier molecular flexibility index (Phi) is 6.47. The fourth-order valence-electron chi connectivity index (χ4n) is 4.41. The molecule has 5 heteroatoms. The summed E-state index contributed by atoms with van der Waals surface area (Å²) in [7, 11) is 0. The first-order valence-corrected chi connectivity index (χ1v) is 13.9. The molecule has 3 nitrogen and oxygen atoms in total. The summed E-state index contributed by atoms with van der Waals surface area (Å²) >= 11 is 8.12. The van der Waals surface area contributed by atoms with Gasteiger partial charge in [-0.15, -0.1) is 0 Å². The molecule has 0 fully saturated rings. The van der Waals surface area contributed by atoms with Crippen LogP contribution in [-0.2, 0) is 4.79 Å². The van der Waals surface area contributed by atoms with Gasteiger partial charge in [0, 0.05) is 0 Å². The van der Waals surface area contributed by atoms with Gasteiger partial charge < -0.3 is 0 Å². The molecule has 1 amide bonds. The van der Waals surface area contributed by atoms with Crippen molar-refractivity contribution in [3.05, 3.63) is 127 Å². The van der Waals surface area contributed by atoms with E-state index in [-0.39, 0.29) is 11.7 Å². The van der Waals surface area contributed by atoms with Crippen LogP contribution in [0, 0.1) is 0 Å². The maximum absolute atomic E-state index is 14.2. The summed E-state index contributed by atoms with van der Waals surface area (Å²) in [6, 6.07) is 38.0. The molecule has 0 saturated carbocycles. The van der Waals surface area contributed by atoms with Gasteiger partial charge in [0.25, 0.3) is 0 Å². The topological polar surface area (TPSA) is 46.2 Å². The molecular formula is C28H25ClNO2P. The summed E-state index contributed by atoms with van der Waals surface area (Å²) < 4.78 is 0. The minimum absolute atomic E-state index is 0.227. The Hall–Kier alpha value is -3.26. The summed E-state index contributed by atoms with van der Waals surface area (Å²) in [6.45, 7) is 1.42. The number of Topliss-reactive ketones (excluding diaryl/α,β-unsaturated/α-hetero) is 1. The number of rotatable bonds is 7. The van der Waals surface area contributed by atoms with E-state index >= 15 is 0 Å². The fourth-order valence-corrected chi connectivity index (χ4v) is 10.9. The number of amides is 1. The average molecular weight is 474 g/mol. The molecule has 1 unspecified atom stereocenters. The van der Waals surface area contributed by atoms with Gasteiger partial charge in [-0.25, -0.2) is 0 Å². The van der Waals surface area contributed by atoms with Crippen LogP contribution in [0.5, 0.6) is 0 Å². The Labute approximate surface area is 199 Å². The SMILES string of the molecule is CC(=O)NC(C(=O)c1ccccc1)P(Cl)(c1ccccc1)(c1ccccc1)c1ccccc1. The van der Waals surface area contributed by atoms with Crippen LogP contribution in [0.25, 0.3) is 0 Å².